The van der Waals surface area contributed by atoms with Crippen LogP contribution in [0.1, 0.15) is 12.8 Å². The molecule has 1 saturated heterocycles. The second-order valence-electron chi connectivity index (χ2n) is 3.81. The number of hydrogen-bond donors (Lipinski definition) is 0. The third-order valence-electron chi connectivity index (χ3n) is 3.45. The summed E-state index contributed by atoms with van der Waals surface area (Å²) in [6.07, 6.45) is 2.44. The zero-order valence-electron chi connectivity index (χ0n) is 5.71. The summed E-state index contributed by atoms with van der Waals surface area (Å²) >= 11 is 0. The summed E-state index contributed by atoms with van der Waals surface area (Å²) in [5.74, 6) is 1.66. The average Bonchev–Trinajstić information content (AvgIpc) is 2.36. The number of nitrogens with zero attached hydrogens (tertiary/aromatic N) is 1. The first-order valence-electron chi connectivity index (χ1n) is 3.89. The largest absolute Gasteiger partial charge is 0.369 e. The van der Waals surface area contributed by atoms with Crippen molar-refractivity contribution in [3.05, 3.63) is 0 Å². The summed E-state index contributed by atoms with van der Waals surface area (Å²) in [5.41, 5.74) is 0.227. The molecule has 0 amide bonds. The predicted molar refractivity (Wildman–Crippen MR) is 34.0 cm³/mol. The van der Waals surface area contributed by atoms with Crippen molar-refractivity contribution in [2.75, 3.05) is 6.61 Å². The molecule has 0 aromatic heterocycles. The molecule has 4 atom stereocenters. The molecule has 2 heteroatoms. The van der Waals surface area contributed by atoms with Crippen molar-refractivity contribution in [1.29, 1.82) is 5.26 Å². The van der Waals surface area contributed by atoms with Gasteiger partial charge in [-0.25, -0.2) is 0 Å². The maximum atomic E-state index is 8.72. The zero-order chi connectivity index (χ0) is 6.77. The maximum Gasteiger partial charge on any atom is 0.0960 e. The van der Waals surface area contributed by atoms with E-state index in [4.69, 9.17) is 10.00 Å². The van der Waals surface area contributed by atoms with Crippen LogP contribution in [0.5, 0.6) is 0 Å². The van der Waals surface area contributed by atoms with E-state index < -0.39 is 0 Å². The molecule has 2 nitrogen and oxygen atoms in total. The second kappa shape index (κ2) is 1.24. The summed E-state index contributed by atoms with van der Waals surface area (Å²) in [6, 6.07) is 2.38. The highest BCUT2D eigenvalue weighted by Gasteiger charge is 2.68. The molecule has 1 aliphatic heterocycles. The van der Waals surface area contributed by atoms with Gasteiger partial charge in [0.15, 0.2) is 0 Å². The SMILES string of the molecule is N#C[C@@H]1[C@@H]2C[C@H]1[C@@]1(CO1)C2. The van der Waals surface area contributed by atoms with E-state index in [9.17, 15) is 0 Å². The Labute approximate surface area is 59.8 Å². The van der Waals surface area contributed by atoms with E-state index in [0.29, 0.717) is 17.8 Å². The Bertz CT molecular complexity index is 226. The van der Waals surface area contributed by atoms with Crippen LogP contribution in [0, 0.1) is 29.1 Å². The van der Waals surface area contributed by atoms with Crippen LogP contribution in [0.15, 0.2) is 0 Å². The lowest BCUT2D eigenvalue weighted by Crippen LogP contribution is -2.30. The molecule has 4 rings (SSSR count). The Morgan fingerprint density at radius 3 is 2.80 bits per heavy atom. The van der Waals surface area contributed by atoms with Gasteiger partial charge in [-0.3, -0.25) is 0 Å². The van der Waals surface area contributed by atoms with Crippen LogP contribution >= 0.6 is 0 Å². The molecule has 52 valence electrons. The summed E-state index contributed by atoms with van der Waals surface area (Å²) < 4.78 is 5.39. The Kier molecular flexibility index (Phi) is 0.638. The molecule has 1 spiro atoms. The molecule has 0 aromatic carbocycles. The van der Waals surface area contributed by atoms with Gasteiger partial charge in [-0.2, -0.15) is 5.26 Å². The van der Waals surface area contributed by atoms with Crippen LogP contribution in [0.2, 0.25) is 0 Å². The molecule has 0 unspecified atom stereocenters. The van der Waals surface area contributed by atoms with Gasteiger partial charge in [0.25, 0.3) is 0 Å². The van der Waals surface area contributed by atoms with Gasteiger partial charge in [0.2, 0.25) is 0 Å². The fourth-order valence-corrected chi connectivity index (χ4v) is 2.72. The maximum absolute atomic E-state index is 8.72. The van der Waals surface area contributed by atoms with Gasteiger partial charge < -0.3 is 4.74 Å². The fourth-order valence-electron chi connectivity index (χ4n) is 2.72. The number of epoxide rings is 1. The van der Waals surface area contributed by atoms with Crippen molar-refractivity contribution in [3.8, 4) is 6.07 Å². The van der Waals surface area contributed by atoms with Gasteiger partial charge >= 0.3 is 0 Å². The van der Waals surface area contributed by atoms with Crippen molar-refractivity contribution in [2.45, 2.75) is 18.4 Å². The minimum absolute atomic E-state index is 0.227. The normalized spacial score (nSPS) is 61.7. The monoisotopic (exact) mass is 135 g/mol. The molecule has 3 aliphatic carbocycles. The highest BCUT2D eigenvalue weighted by molar-refractivity contribution is 5.21. The minimum Gasteiger partial charge on any atom is -0.369 e. The van der Waals surface area contributed by atoms with Crippen LogP contribution in [-0.2, 0) is 4.74 Å². The third kappa shape index (κ3) is 0.357. The molecular formula is C8H9NO. The van der Waals surface area contributed by atoms with E-state index in [1.54, 1.807) is 0 Å². The van der Waals surface area contributed by atoms with E-state index in [1.165, 1.54) is 12.8 Å². The molecule has 2 bridgehead atoms. The zero-order valence-corrected chi connectivity index (χ0v) is 5.71. The van der Waals surface area contributed by atoms with Crippen LogP contribution in [0.3, 0.4) is 0 Å². The summed E-state index contributed by atoms with van der Waals surface area (Å²) in [5, 5.41) is 8.72. The summed E-state index contributed by atoms with van der Waals surface area (Å²) in [7, 11) is 0. The smallest absolute Gasteiger partial charge is 0.0960 e. The summed E-state index contributed by atoms with van der Waals surface area (Å²) in [4.78, 5) is 0. The Morgan fingerprint density at radius 2 is 2.40 bits per heavy atom. The Hall–Kier alpha value is -0.550. The van der Waals surface area contributed by atoms with Crippen LogP contribution in [0.25, 0.3) is 0 Å². The van der Waals surface area contributed by atoms with E-state index in [1.807, 2.05) is 0 Å². The first-order chi connectivity index (χ1) is 4.86. The average molecular weight is 135 g/mol. The first-order valence-corrected chi connectivity index (χ1v) is 3.89. The molecular weight excluding hydrogens is 126 g/mol. The number of ether oxygens (including phenoxy) is 1. The molecule has 10 heavy (non-hydrogen) atoms. The molecule has 4 fully saturated rings. The topological polar surface area (TPSA) is 36.3 Å². The molecule has 3 saturated carbocycles. The molecule has 1 heterocycles. The van der Waals surface area contributed by atoms with Gasteiger partial charge in [0.05, 0.1) is 24.2 Å². The standard InChI is InChI=1S/C8H9NO/c9-3-6-5-1-7(6)8(2-5)4-10-8/h5-7H,1-2,4H2/t5-,6-,7-,8+/m1/s1. The molecule has 0 radical (unpaired) electrons. The van der Waals surface area contributed by atoms with Crippen molar-refractivity contribution in [3.63, 3.8) is 0 Å². The van der Waals surface area contributed by atoms with Gasteiger partial charge in [0, 0.05) is 5.92 Å². The number of rotatable bonds is 0. The van der Waals surface area contributed by atoms with Gasteiger partial charge in [0.1, 0.15) is 0 Å². The molecule has 4 aliphatic rings. The van der Waals surface area contributed by atoms with E-state index in [-0.39, 0.29) is 5.60 Å². The Balaban J connectivity index is 1.95. The van der Waals surface area contributed by atoms with Crippen LogP contribution < -0.4 is 0 Å². The highest BCUT2D eigenvalue weighted by atomic mass is 16.6. The highest BCUT2D eigenvalue weighted by Crippen LogP contribution is 2.65. The van der Waals surface area contributed by atoms with E-state index in [2.05, 4.69) is 6.07 Å². The lowest BCUT2D eigenvalue weighted by atomic mass is 9.72. The third-order valence-corrected chi connectivity index (χ3v) is 3.45. The van der Waals surface area contributed by atoms with Crippen molar-refractivity contribution in [2.24, 2.45) is 17.8 Å². The molecule has 0 N–H and O–H groups in total. The second-order valence-corrected chi connectivity index (χ2v) is 3.81. The van der Waals surface area contributed by atoms with Crippen molar-refractivity contribution in [1.82, 2.24) is 0 Å². The number of hydrogen-bond acceptors (Lipinski definition) is 2. The van der Waals surface area contributed by atoms with Crippen LogP contribution in [-0.4, -0.2) is 12.2 Å². The lowest BCUT2D eigenvalue weighted by molar-refractivity contribution is 0.168. The van der Waals surface area contributed by atoms with E-state index >= 15 is 0 Å². The van der Waals surface area contributed by atoms with Gasteiger partial charge in [-0.05, 0) is 18.8 Å². The van der Waals surface area contributed by atoms with Gasteiger partial charge in [-0.1, -0.05) is 0 Å². The van der Waals surface area contributed by atoms with E-state index in [0.717, 1.165) is 6.61 Å². The van der Waals surface area contributed by atoms with Crippen molar-refractivity contribution >= 4 is 0 Å². The van der Waals surface area contributed by atoms with Gasteiger partial charge in [-0.15, -0.1) is 0 Å². The first kappa shape index (κ1) is 5.15. The Morgan fingerprint density at radius 1 is 1.60 bits per heavy atom. The quantitative estimate of drug-likeness (QED) is 0.463. The van der Waals surface area contributed by atoms with Crippen LogP contribution in [0.4, 0.5) is 0 Å². The lowest BCUT2D eigenvalue weighted by Gasteiger charge is -2.29. The summed E-state index contributed by atoms with van der Waals surface area (Å²) in [6.45, 7) is 0.937. The fraction of sp³-hybridized carbons (Fsp3) is 0.875. The molecule has 0 aromatic rings. The minimum atomic E-state index is 0.227. The number of nitriles is 1. The predicted octanol–water partition coefficient (Wildman–Crippen LogP) is 0.935. The van der Waals surface area contributed by atoms with Crippen molar-refractivity contribution < 1.29 is 4.74 Å².